The number of hydrogen-bond donors (Lipinski definition) is 1. The average molecular weight is 360 g/mol. The lowest BCUT2D eigenvalue weighted by Gasteiger charge is -2.27. The van der Waals surface area contributed by atoms with E-state index in [2.05, 4.69) is 13.8 Å². The van der Waals surface area contributed by atoms with Crippen LogP contribution in [0, 0.1) is 5.92 Å². The first kappa shape index (κ1) is 18.5. The van der Waals surface area contributed by atoms with Gasteiger partial charge in [0.2, 0.25) is 0 Å². The highest BCUT2D eigenvalue weighted by Crippen LogP contribution is 2.46. The highest BCUT2D eigenvalue weighted by molar-refractivity contribution is 5.97. The van der Waals surface area contributed by atoms with Crippen LogP contribution in [-0.2, 0) is 25.1 Å². The van der Waals surface area contributed by atoms with Crippen LogP contribution in [0.15, 0.2) is 47.2 Å². The highest BCUT2D eigenvalue weighted by atomic mass is 17.2. The summed E-state index contributed by atoms with van der Waals surface area (Å²) in [6.07, 6.45) is 4.05. The first-order chi connectivity index (χ1) is 12.5. The maximum Gasteiger partial charge on any atom is 0.345 e. The third kappa shape index (κ3) is 3.22. The normalized spacial score (nSPS) is 22.5. The fourth-order valence-corrected chi connectivity index (χ4v) is 3.33. The molecule has 26 heavy (non-hydrogen) atoms. The van der Waals surface area contributed by atoms with E-state index in [0.717, 1.165) is 12.8 Å². The van der Waals surface area contributed by atoms with Gasteiger partial charge in [0.05, 0.1) is 7.11 Å². The Bertz CT molecular complexity index is 729. The number of methoxy groups -OCH3 is 1. The van der Waals surface area contributed by atoms with Crippen LogP contribution in [-0.4, -0.2) is 24.8 Å². The molecule has 0 radical (unpaired) electrons. The summed E-state index contributed by atoms with van der Waals surface area (Å²) in [5.41, 5.74) is 1.24. The molecule has 1 aromatic rings. The van der Waals surface area contributed by atoms with E-state index in [-0.39, 0.29) is 12.2 Å². The molecule has 6 nitrogen and oxygen atoms in total. The summed E-state index contributed by atoms with van der Waals surface area (Å²) < 4.78 is 10.6. The Balaban J connectivity index is 2.08. The molecule has 2 heterocycles. The van der Waals surface area contributed by atoms with Gasteiger partial charge in [0, 0.05) is 11.1 Å². The Morgan fingerprint density at radius 3 is 2.46 bits per heavy atom. The van der Waals surface area contributed by atoms with Crippen LogP contribution in [0.1, 0.15) is 38.7 Å². The molecule has 0 aliphatic carbocycles. The predicted molar refractivity (Wildman–Crippen MR) is 93.8 cm³/mol. The molecule has 0 saturated carbocycles. The number of esters is 1. The van der Waals surface area contributed by atoms with Crippen molar-refractivity contribution in [1.82, 2.24) is 0 Å². The quantitative estimate of drug-likeness (QED) is 0.594. The molecule has 1 unspecified atom stereocenters. The summed E-state index contributed by atoms with van der Waals surface area (Å²) in [6, 6.07) is 6.84. The molecule has 0 saturated heterocycles. The van der Waals surface area contributed by atoms with E-state index in [0.29, 0.717) is 35.0 Å². The maximum absolute atomic E-state index is 12.6. The second kappa shape index (κ2) is 7.51. The number of cyclic esters (lactones) is 1. The number of rotatable bonds is 7. The predicted octanol–water partition coefficient (Wildman–Crippen LogP) is 3.37. The second-order valence-corrected chi connectivity index (χ2v) is 6.44. The highest BCUT2D eigenvalue weighted by Gasteiger charge is 2.50. The molecule has 1 atom stereocenters. The van der Waals surface area contributed by atoms with Crippen molar-refractivity contribution < 1.29 is 29.1 Å². The van der Waals surface area contributed by atoms with E-state index >= 15 is 0 Å². The van der Waals surface area contributed by atoms with Crippen molar-refractivity contribution in [2.75, 3.05) is 13.7 Å². The van der Waals surface area contributed by atoms with Gasteiger partial charge in [0.15, 0.2) is 5.76 Å². The van der Waals surface area contributed by atoms with Crippen molar-refractivity contribution in [3.05, 3.63) is 52.8 Å². The largest absolute Gasteiger partial charge is 0.497 e. The summed E-state index contributed by atoms with van der Waals surface area (Å²) in [4.78, 5) is 22.6. The molecular formula is C20H24O6. The van der Waals surface area contributed by atoms with E-state index in [1.807, 2.05) is 0 Å². The van der Waals surface area contributed by atoms with Gasteiger partial charge in [-0.3, -0.25) is 0 Å². The van der Waals surface area contributed by atoms with E-state index in [9.17, 15) is 9.90 Å². The fourth-order valence-electron chi connectivity index (χ4n) is 3.33. The van der Waals surface area contributed by atoms with Crippen LogP contribution in [0.3, 0.4) is 0 Å². The van der Waals surface area contributed by atoms with E-state index in [1.165, 1.54) is 0 Å². The molecule has 0 spiro atoms. The van der Waals surface area contributed by atoms with Crippen molar-refractivity contribution in [3.8, 4) is 5.75 Å². The maximum atomic E-state index is 12.6. The Kier molecular flexibility index (Phi) is 5.34. The molecule has 1 N–H and O–H groups in total. The van der Waals surface area contributed by atoms with E-state index < -0.39 is 11.8 Å². The van der Waals surface area contributed by atoms with Gasteiger partial charge in [-0.05, 0) is 42.7 Å². The standard InChI is InChI=1S/C20H24O6/c1-4-13(5-2)12-16-18(17-10-11-24-26-17)19(21)25-20(16,22)14-6-8-15(23-3)9-7-14/h6-10,13,22H,4-5,11-12H2,1-3H3. The minimum Gasteiger partial charge on any atom is -0.497 e. The van der Waals surface area contributed by atoms with Gasteiger partial charge < -0.3 is 19.5 Å². The Hall–Kier alpha value is -2.31. The molecular weight excluding hydrogens is 336 g/mol. The van der Waals surface area contributed by atoms with Crippen LogP contribution in [0.2, 0.25) is 0 Å². The van der Waals surface area contributed by atoms with Crippen LogP contribution < -0.4 is 4.74 Å². The topological polar surface area (TPSA) is 74.2 Å². The van der Waals surface area contributed by atoms with Crippen LogP contribution in [0.5, 0.6) is 5.75 Å². The summed E-state index contributed by atoms with van der Waals surface area (Å²) >= 11 is 0. The van der Waals surface area contributed by atoms with Crippen molar-refractivity contribution in [3.63, 3.8) is 0 Å². The van der Waals surface area contributed by atoms with Crippen LogP contribution >= 0.6 is 0 Å². The first-order valence-electron chi connectivity index (χ1n) is 8.87. The molecule has 1 aromatic carbocycles. The number of carbonyl (C=O) groups is 1. The Morgan fingerprint density at radius 1 is 1.23 bits per heavy atom. The minimum absolute atomic E-state index is 0.255. The van der Waals surface area contributed by atoms with Gasteiger partial charge in [-0.2, -0.15) is 4.89 Å². The number of hydrogen-bond acceptors (Lipinski definition) is 6. The summed E-state index contributed by atoms with van der Waals surface area (Å²) in [5, 5.41) is 11.4. The number of aliphatic hydroxyl groups is 1. The van der Waals surface area contributed by atoms with Crippen molar-refractivity contribution in [1.29, 1.82) is 0 Å². The molecule has 6 heteroatoms. The van der Waals surface area contributed by atoms with Crippen molar-refractivity contribution in [2.45, 2.75) is 38.9 Å². The second-order valence-electron chi connectivity index (χ2n) is 6.44. The van der Waals surface area contributed by atoms with Gasteiger partial charge in [0.25, 0.3) is 5.79 Å². The van der Waals surface area contributed by atoms with Gasteiger partial charge in [-0.15, -0.1) is 0 Å². The Labute approximate surface area is 152 Å². The van der Waals surface area contributed by atoms with Gasteiger partial charge in [0.1, 0.15) is 17.9 Å². The zero-order chi connectivity index (χ0) is 18.7. The molecule has 0 aromatic heterocycles. The van der Waals surface area contributed by atoms with Crippen molar-refractivity contribution in [2.24, 2.45) is 5.92 Å². The number of ether oxygens (including phenoxy) is 2. The van der Waals surface area contributed by atoms with E-state index in [4.69, 9.17) is 19.2 Å². The van der Waals surface area contributed by atoms with Crippen LogP contribution in [0.25, 0.3) is 0 Å². The summed E-state index contributed by atoms with van der Waals surface area (Å²) in [5.74, 6) is -1.17. The lowest BCUT2D eigenvalue weighted by Crippen LogP contribution is -2.29. The summed E-state index contributed by atoms with van der Waals surface area (Å²) in [6.45, 7) is 4.44. The van der Waals surface area contributed by atoms with E-state index in [1.54, 1.807) is 37.5 Å². The zero-order valence-corrected chi connectivity index (χ0v) is 15.3. The molecule has 3 rings (SSSR count). The van der Waals surface area contributed by atoms with Crippen LogP contribution in [0.4, 0.5) is 0 Å². The smallest absolute Gasteiger partial charge is 0.345 e. The van der Waals surface area contributed by atoms with Gasteiger partial charge >= 0.3 is 5.97 Å². The van der Waals surface area contributed by atoms with Crippen molar-refractivity contribution >= 4 is 5.97 Å². The lowest BCUT2D eigenvalue weighted by molar-refractivity contribution is -0.231. The number of benzene rings is 1. The van der Waals surface area contributed by atoms with Gasteiger partial charge in [-0.25, -0.2) is 4.79 Å². The summed E-state index contributed by atoms with van der Waals surface area (Å²) in [7, 11) is 1.57. The molecule has 2 aliphatic heterocycles. The molecule has 0 fully saturated rings. The lowest BCUT2D eigenvalue weighted by atomic mass is 9.85. The molecule has 140 valence electrons. The minimum atomic E-state index is -1.83. The third-order valence-corrected chi connectivity index (χ3v) is 5.02. The third-order valence-electron chi connectivity index (χ3n) is 5.02. The number of carbonyl (C=O) groups excluding carboxylic acids is 1. The zero-order valence-electron chi connectivity index (χ0n) is 15.3. The monoisotopic (exact) mass is 360 g/mol. The molecule has 2 aliphatic rings. The van der Waals surface area contributed by atoms with Gasteiger partial charge in [-0.1, -0.05) is 26.7 Å². The first-order valence-corrected chi connectivity index (χ1v) is 8.87. The molecule has 0 bridgehead atoms. The Morgan fingerprint density at radius 2 is 1.92 bits per heavy atom. The molecule has 0 amide bonds. The average Bonchev–Trinajstić information content (AvgIpc) is 3.26. The SMILES string of the molecule is CCC(CC)CC1=C(C2=CCOO2)C(=O)OC1(O)c1ccc(OC)cc1. The fraction of sp³-hybridized carbons (Fsp3) is 0.450.